The average Bonchev–Trinajstić information content (AvgIpc) is 3.28. The molecular weight excluding hydrogens is 462 g/mol. The number of sulfonamides is 1. The van der Waals surface area contributed by atoms with Crippen molar-refractivity contribution in [3.63, 3.8) is 0 Å². The summed E-state index contributed by atoms with van der Waals surface area (Å²) in [7, 11) is -2.66. The highest BCUT2D eigenvalue weighted by Crippen LogP contribution is 2.30. The molecule has 2 aromatic carbocycles. The Morgan fingerprint density at radius 1 is 1.19 bits per heavy atom. The molecule has 0 aliphatic heterocycles. The Morgan fingerprint density at radius 3 is 2.61 bits per heavy atom. The zero-order valence-electron chi connectivity index (χ0n) is 16.3. The third-order valence-electron chi connectivity index (χ3n) is 4.22. The summed E-state index contributed by atoms with van der Waals surface area (Å²) in [6, 6.07) is 11.5. The number of thiazole rings is 1. The van der Waals surface area contributed by atoms with Crippen molar-refractivity contribution in [3.8, 4) is 17.0 Å². The van der Waals surface area contributed by atoms with Gasteiger partial charge in [0.1, 0.15) is 10.6 Å². The summed E-state index contributed by atoms with van der Waals surface area (Å²) in [4.78, 5) is 15.8. The van der Waals surface area contributed by atoms with E-state index in [1.165, 1.54) is 43.6 Å². The normalized spacial score (nSPS) is 11.5. The van der Waals surface area contributed by atoms with Gasteiger partial charge in [0, 0.05) is 28.6 Å². The first-order valence-corrected chi connectivity index (χ1v) is 11.6. The molecule has 31 heavy (non-hydrogen) atoms. The van der Waals surface area contributed by atoms with Crippen molar-refractivity contribution < 1.29 is 17.9 Å². The number of rotatable bonds is 6. The van der Waals surface area contributed by atoms with Crippen LogP contribution in [0, 0.1) is 0 Å². The molecule has 4 aromatic rings. The molecule has 0 atom stereocenters. The van der Waals surface area contributed by atoms with Gasteiger partial charge in [0.15, 0.2) is 0 Å². The van der Waals surface area contributed by atoms with Crippen molar-refractivity contribution in [1.29, 1.82) is 0 Å². The Hall–Kier alpha value is -3.15. The van der Waals surface area contributed by atoms with Crippen molar-refractivity contribution in [2.24, 2.45) is 0 Å². The van der Waals surface area contributed by atoms with Crippen LogP contribution in [0.1, 0.15) is 6.92 Å². The number of amides is 1. The van der Waals surface area contributed by atoms with E-state index in [0.29, 0.717) is 10.6 Å². The molecule has 1 amide bonds. The van der Waals surface area contributed by atoms with Gasteiger partial charge in [-0.15, -0.1) is 16.4 Å². The summed E-state index contributed by atoms with van der Waals surface area (Å²) in [6.45, 7) is 1.44. The molecule has 0 aliphatic carbocycles. The topological polar surface area (TPSA) is 115 Å². The second kappa shape index (κ2) is 8.17. The van der Waals surface area contributed by atoms with E-state index >= 15 is 0 Å². The predicted octanol–water partition coefficient (Wildman–Crippen LogP) is 3.88. The van der Waals surface area contributed by atoms with Crippen LogP contribution in [0.25, 0.3) is 16.2 Å². The fraction of sp³-hybridized carbons (Fsp3) is 0.105. The van der Waals surface area contributed by atoms with Crippen LogP contribution in [0.2, 0.25) is 5.02 Å². The zero-order chi connectivity index (χ0) is 22.2. The molecule has 160 valence electrons. The molecule has 0 saturated carbocycles. The molecule has 9 nitrogen and oxygen atoms in total. The first kappa shape index (κ1) is 21.1. The van der Waals surface area contributed by atoms with E-state index in [1.54, 1.807) is 16.6 Å². The summed E-state index contributed by atoms with van der Waals surface area (Å²) in [5, 5.41) is 9.11. The molecule has 2 aromatic heterocycles. The fourth-order valence-electron chi connectivity index (χ4n) is 2.89. The molecule has 0 radical (unpaired) electrons. The predicted molar refractivity (Wildman–Crippen MR) is 119 cm³/mol. The molecule has 0 bridgehead atoms. The highest BCUT2D eigenvalue weighted by molar-refractivity contribution is 7.92. The standard InChI is InChI=1S/C19H16ClN5O4S2/c1-11(26)21-14-6-3-12(4-7-14)15-10-30-19-22-18(23-25(15)19)24-31(27,28)17-9-13(20)5-8-16(17)29-2/h3-10H,1-2H3,(H,21,26)(H,23,24). The van der Waals surface area contributed by atoms with Crippen molar-refractivity contribution in [2.45, 2.75) is 11.8 Å². The third-order valence-corrected chi connectivity index (χ3v) is 6.62. The maximum atomic E-state index is 12.8. The Balaban J connectivity index is 1.65. The first-order valence-electron chi connectivity index (χ1n) is 8.85. The number of nitrogens with zero attached hydrogens (tertiary/aromatic N) is 3. The van der Waals surface area contributed by atoms with Crippen molar-refractivity contribution in [1.82, 2.24) is 14.6 Å². The number of ether oxygens (including phenoxy) is 1. The summed E-state index contributed by atoms with van der Waals surface area (Å²) in [6.07, 6.45) is 0. The SMILES string of the molecule is COc1ccc(Cl)cc1S(=O)(=O)Nc1nc2scc(-c3ccc(NC(C)=O)cc3)n2n1. The molecule has 0 saturated heterocycles. The maximum Gasteiger partial charge on any atom is 0.268 e. The van der Waals surface area contributed by atoms with E-state index in [9.17, 15) is 13.2 Å². The van der Waals surface area contributed by atoms with Gasteiger partial charge < -0.3 is 10.1 Å². The van der Waals surface area contributed by atoms with Crippen molar-refractivity contribution in [3.05, 3.63) is 52.9 Å². The molecule has 0 spiro atoms. The minimum atomic E-state index is -4.03. The van der Waals surface area contributed by atoms with Gasteiger partial charge in [-0.1, -0.05) is 23.7 Å². The van der Waals surface area contributed by atoms with E-state index in [1.807, 2.05) is 17.5 Å². The maximum absolute atomic E-state index is 12.8. The van der Waals surface area contributed by atoms with Gasteiger partial charge in [-0.2, -0.15) is 4.98 Å². The van der Waals surface area contributed by atoms with Gasteiger partial charge >= 0.3 is 0 Å². The number of hydrogen-bond acceptors (Lipinski definition) is 7. The van der Waals surface area contributed by atoms with Crippen molar-refractivity contribution in [2.75, 3.05) is 17.1 Å². The van der Waals surface area contributed by atoms with Gasteiger partial charge in [-0.3, -0.25) is 4.79 Å². The number of methoxy groups -OCH3 is 1. The lowest BCUT2D eigenvalue weighted by molar-refractivity contribution is -0.114. The largest absolute Gasteiger partial charge is 0.495 e. The smallest absolute Gasteiger partial charge is 0.268 e. The quantitative estimate of drug-likeness (QED) is 0.435. The third kappa shape index (κ3) is 4.33. The van der Waals surface area contributed by atoms with Gasteiger partial charge in [-0.05, 0) is 30.3 Å². The Kier molecular flexibility index (Phi) is 5.56. The highest BCUT2D eigenvalue weighted by Gasteiger charge is 2.23. The molecule has 0 fully saturated rings. The van der Waals surface area contributed by atoms with Crippen LogP contribution < -0.4 is 14.8 Å². The molecule has 0 unspecified atom stereocenters. The zero-order valence-corrected chi connectivity index (χ0v) is 18.7. The van der Waals surface area contributed by atoms with Crippen LogP contribution in [0.3, 0.4) is 0 Å². The first-order chi connectivity index (χ1) is 14.8. The van der Waals surface area contributed by atoms with Crippen molar-refractivity contribution >= 4 is 55.5 Å². The van der Waals surface area contributed by atoms with Gasteiger partial charge in [-0.25, -0.2) is 17.7 Å². The number of benzene rings is 2. The van der Waals surface area contributed by atoms with Crippen LogP contribution >= 0.6 is 22.9 Å². The second-order valence-electron chi connectivity index (χ2n) is 6.41. The summed E-state index contributed by atoms with van der Waals surface area (Å²) >= 11 is 7.27. The average molecular weight is 478 g/mol. The highest BCUT2D eigenvalue weighted by atomic mass is 35.5. The number of halogens is 1. The summed E-state index contributed by atoms with van der Waals surface area (Å²) in [5.41, 5.74) is 2.23. The van der Waals surface area contributed by atoms with E-state index in [-0.39, 0.29) is 27.5 Å². The number of fused-ring (bicyclic) bond motifs is 1. The number of carbonyl (C=O) groups is 1. The second-order valence-corrected chi connectivity index (χ2v) is 9.33. The van der Waals surface area contributed by atoms with Crippen LogP contribution in [0.5, 0.6) is 5.75 Å². The lowest BCUT2D eigenvalue weighted by Gasteiger charge is -2.09. The molecule has 4 rings (SSSR count). The van der Waals surface area contributed by atoms with E-state index in [0.717, 1.165) is 11.3 Å². The number of hydrogen-bond donors (Lipinski definition) is 2. The van der Waals surface area contributed by atoms with E-state index < -0.39 is 10.0 Å². The van der Waals surface area contributed by atoms with Crippen LogP contribution in [-0.2, 0) is 14.8 Å². The van der Waals surface area contributed by atoms with Gasteiger partial charge in [0.25, 0.3) is 16.0 Å². The van der Waals surface area contributed by atoms with Crippen LogP contribution in [0.15, 0.2) is 52.7 Å². The molecule has 0 aliphatic rings. The Bertz CT molecular complexity index is 1380. The van der Waals surface area contributed by atoms with Gasteiger partial charge in [0.05, 0.1) is 12.8 Å². The number of carbonyl (C=O) groups excluding carboxylic acids is 1. The lowest BCUT2D eigenvalue weighted by atomic mass is 10.1. The minimum absolute atomic E-state index is 0.0787. The fourth-order valence-corrected chi connectivity index (χ4v) is 5.09. The van der Waals surface area contributed by atoms with E-state index in [4.69, 9.17) is 16.3 Å². The summed E-state index contributed by atoms with van der Waals surface area (Å²) in [5.74, 6) is -0.0851. The van der Waals surface area contributed by atoms with E-state index in [2.05, 4.69) is 20.1 Å². The number of anilines is 2. The molecule has 12 heteroatoms. The van der Waals surface area contributed by atoms with Crippen LogP contribution in [0.4, 0.5) is 11.6 Å². The Morgan fingerprint density at radius 2 is 1.94 bits per heavy atom. The number of aromatic nitrogens is 3. The lowest BCUT2D eigenvalue weighted by Crippen LogP contribution is -2.15. The molecule has 2 heterocycles. The Labute approximate surface area is 186 Å². The number of nitrogens with one attached hydrogen (secondary N) is 2. The monoisotopic (exact) mass is 477 g/mol. The molecular formula is C19H16ClN5O4S2. The van der Waals surface area contributed by atoms with Gasteiger partial charge in [0.2, 0.25) is 10.9 Å². The minimum Gasteiger partial charge on any atom is -0.495 e. The molecule has 2 N–H and O–H groups in total. The summed E-state index contributed by atoms with van der Waals surface area (Å²) < 4.78 is 34.7. The van der Waals surface area contributed by atoms with Crippen LogP contribution in [-0.4, -0.2) is 36.0 Å².